The van der Waals surface area contributed by atoms with Crippen molar-refractivity contribution in [3.63, 3.8) is 0 Å². The highest BCUT2D eigenvalue weighted by Crippen LogP contribution is 2.44. The molecule has 0 amide bonds. The zero-order valence-corrected chi connectivity index (χ0v) is 15.5. The second-order valence-corrected chi connectivity index (χ2v) is 8.07. The van der Waals surface area contributed by atoms with Crippen molar-refractivity contribution in [3.8, 4) is 0 Å². The molecule has 1 saturated carbocycles. The lowest BCUT2D eigenvalue weighted by Crippen LogP contribution is -2.64. The van der Waals surface area contributed by atoms with Gasteiger partial charge in [-0.2, -0.15) is 0 Å². The maximum atomic E-state index is 6.52. The van der Waals surface area contributed by atoms with Crippen LogP contribution in [0, 0.1) is 5.92 Å². The number of anilines is 1. The standard InChI is InChI=1S/C16H21BrCl2N2/c1-3-11-8-20-16(2,10-4-5-10)9-21(11)13-7-6-12(17)14(18)15(13)19/h6-7,10-11,20H,3-5,8-9H2,1-2H3. The monoisotopic (exact) mass is 390 g/mol. The van der Waals surface area contributed by atoms with Gasteiger partial charge in [0, 0.05) is 29.1 Å². The summed E-state index contributed by atoms with van der Waals surface area (Å²) in [4.78, 5) is 2.45. The normalized spacial score (nSPS) is 29.8. The van der Waals surface area contributed by atoms with Crippen LogP contribution in [0.5, 0.6) is 0 Å². The second kappa shape index (κ2) is 5.92. The van der Waals surface area contributed by atoms with E-state index < -0.39 is 0 Å². The summed E-state index contributed by atoms with van der Waals surface area (Å²) in [6, 6.07) is 4.54. The highest BCUT2D eigenvalue weighted by Gasteiger charge is 2.46. The van der Waals surface area contributed by atoms with Gasteiger partial charge in [-0.1, -0.05) is 30.1 Å². The SMILES string of the molecule is CCC1CNC(C)(C2CC2)CN1c1ccc(Br)c(Cl)c1Cl. The predicted molar refractivity (Wildman–Crippen MR) is 94.7 cm³/mol. The fraction of sp³-hybridized carbons (Fsp3) is 0.625. The molecule has 21 heavy (non-hydrogen) atoms. The molecule has 0 bridgehead atoms. The molecule has 5 heteroatoms. The van der Waals surface area contributed by atoms with E-state index in [4.69, 9.17) is 23.2 Å². The topological polar surface area (TPSA) is 15.3 Å². The number of piperazine rings is 1. The molecule has 0 radical (unpaired) electrons. The first-order chi connectivity index (χ1) is 9.96. The molecular formula is C16H21BrCl2N2. The van der Waals surface area contributed by atoms with Crippen LogP contribution in [0.15, 0.2) is 16.6 Å². The summed E-state index contributed by atoms with van der Waals surface area (Å²) < 4.78 is 0.853. The summed E-state index contributed by atoms with van der Waals surface area (Å²) in [6.45, 7) is 6.58. The summed E-state index contributed by atoms with van der Waals surface area (Å²) >= 11 is 16.3. The molecule has 2 nitrogen and oxygen atoms in total. The van der Waals surface area contributed by atoms with Gasteiger partial charge in [-0.25, -0.2) is 0 Å². The van der Waals surface area contributed by atoms with Gasteiger partial charge in [0.2, 0.25) is 0 Å². The molecule has 2 aliphatic rings. The van der Waals surface area contributed by atoms with Crippen LogP contribution < -0.4 is 10.2 Å². The molecule has 0 aromatic heterocycles. The zero-order chi connectivity index (χ0) is 15.2. The lowest BCUT2D eigenvalue weighted by atomic mass is 9.90. The molecule has 1 saturated heterocycles. The van der Waals surface area contributed by atoms with Gasteiger partial charge in [0.1, 0.15) is 0 Å². The summed E-state index contributed by atoms with van der Waals surface area (Å²) in [5.41, 5.74) is 1.25. The van der Waals surface area contributed by atoms with E-state index in [0.29, 0.717) is 16.1 Å². The quantitative estimate of drug-likeness (QED) is 0.720. The third-order valence-electron chi connectivity index (χ3n) is 4.95. The van der Waals surface area contributed by atoms with Crippen LogP contribution in [-0.2, 0) is 0 Å². The minimum Gasteiger partial charge on any atom is -0.364 e. The van der Waals surface area contributed by atoms with E-state index in [9.17, 15) is 0 Å². The number of rotatable bonds is 3. The fourth-order valence-electron chi connectivity index (χ4n) is 3.38. The first-order valence-corrected chi connectivity index (χ1v) is 9.16. The van der Waals surface area contributed by atoms with Gasteiger partial charge < -0.3 is 10.2 Å². The predicted octanol–water partition coefficient (Wildman–Crippen LogP) is 5.11. The Morgan fingerprint density at radius 2 is 2.05 bits per heavy atom. The molecule has 2 atom stereocenters. The number of halogens is 3. The molecule has 116 valence electrons. The smallest absolute Gasteiger partial charge is 0.0837 e. The van der Waals surface area contributed by atoms with E-state index in [1.165, 1.54) is 12.8 Å². The summed E-state index contributed by atoms with van der Waals surface area (Å²) in [7, 11) is 0. The number of hydrogen-bond donors (Lipinski definition) is 1. The molecule has 0 spiro atoms. The van der Waals surface area contributed by atoms with E-state index in [1.807, 2.05) is 6.07 Å². The number of hydrogen-bond acceptors (Lipinski definition) is 2. The van der Waals surface area contributed by atoms with Crippen LogP contribution in [-0.4, -0.2) is 24.7 Å². The number of nitrogens with zero attached hydrogens (tertiary/aromatic N) is 1. The van der Waals surface area contributed by atoms with Crippen LogP contribution in [0.25, 0.3) is 0 Å². The van der Waals surface area contributed by atoms with Crippen LogP contribution in [0.1, 0.15) is 33.1 Å². The fourth-order valence-corrected chi connectivity index (χ4v) is 4.26. The van der Waals surface area contributed by atoms with Gasteiger partial charge >= 0.3 is 0 Å². The molecule has 1 aliphatic heterocycles. The van der Waals surface area contributed by atoms with Crippen LogP contribution in [0.4, 0.5) is 5.69 Å². The van der Waals surface area contributed by atoms with Gasteiger partial charge in [-0.15, -0.1) is 0 Å². The van der Waals surface area contributed by atoms with Crippen LogP contribution >= 0.6 is 39.1 Å². The van der Waals surface area contributed by atoms with E-state index in [2.05, 4.69) is 46.1 Å². The first kappa shape index (κ1) is 15.9. The third-order valence-corrected chi connectivity index (χ3v) is 6.72. The van der Waals surface area contributed by atoms with Gasteiger partial charge in [-0.3, -0.25) is 0 Å². The van der Waals surface area contributed by atoms with Gasteiger partial charge in [0.05, 0.1) is 15.7 Å². The Kier molecular flexibility index (Phi) is 4.48. The molecule has 2 fully saturated rings. The van der Waals surface area contributed by atoms with Crippen molar-refractivity contribution < 1.29 is 0 Å². The Balaban J connectivity index is 1.95. The maximum Gasteiger partial charge on any atom is 0.0837 e. The molecule has 2 unspecified atom stereocenters. The highest BCUT2D eigenvalue weighted by atomic mass is 79.9. The number of nitrogens with one attached hydrogen (secondary N) is 1. The Hall–Kier alpha value is 0.0400. The lowest BCUT2D eigenvalue weighted by Gasteiger charge is -2.48. The molecule has 1 aliphatic carbocycles. The van der Waals surface area contributed by atoms with Crippen molar-refractivity contribution >= 4 is 44.8 Å². The zero-order valence-electron chi connectivity index (χ0n) is 12.4. The van der Waals surface area contributed by atoms with Crippen molar-refractivity contribution in [3.05, 3.63) is 26.7 Å². The molecule has 1 N–H and O–H groups in total. The molecular weight excluding hydrogens is 371 g/mol. The van der Waals surface area contributed by atoms with Crippen molar-refractivity contribution in [2.45, 2.75) is 44.7 Å². The Bertz CT molecular complexity index is 547. The summed E-state index contributed by atoms with van der Waals surface area (Å²) in [6.07, 6.45) is 3.77. The average molecular weight is 392 g/mol. The first-order valence-electron chi connectivity index (χ1n) is 7.61. The largest absolute Gasteiger partial charge is 0.364 e. The highest BCUT2D eigenvalue weighted by molar-refractivity contribution is 9.10. The van der Waals surface area contributed by atoms with E-state index >= 15 is 0 Å². The van der Waals surface area contributed by atoms with Crippen LogP contribution in [0.3, 0.4) is 0 Å². The second-order valence-electron chi connectivity index (χ2n) is 6.46. The minimum atomic E-state index is 0.189. The van der Waals surface area contributed by atoms with Crippen LogP contribution in [0.2, 0.25) is 10.0 Å². The van der Waals surface area contributed by atoms with Gasteiger partial charge in [0.25, 0.3) is 0 Å². The molecule has 1 heterocycles. The molecule has 1 aromatic carbocycles. The molecule has 1 aromatic rings. The Morgan fingerprint density at radius 1 is 1.33 bits per heavy atom. The van der Waals surface area contributed by atoms with Gasteiger partial charge in [0.15, 0.2) is 0 Å². The Labute approximate surface area is 145 Å². The average Bonchev–Trinajstić information content (AvgIpc) is 3.30. The minimum absolute atomic E-state index is 0.189. The molecule has 3 rings (SSSR count). The lowest BCUT2D eigenvalue weighted by molar-refractivity contribution is 0.252. The van der Waals surface area contributed by atoms with Crippen molar-refractivity contribution in [1.82, 2.24) is 5.32 Å². The van der Waals surface area contributed by atoms with E-state index in [0.717, 1.165) is 35.6 Å². The summed E-state index contributed by atoms with van der Waals surface area (Å²) in [5.74, 6) is 0.794. The summed E-state index contributed by atoms with van der Waals surface area (Å²) in [5, 5.41) is 5.04. The van der Waals surface area contributed by atoms with Crippen molar-refractivity contribution in [1.29, 1.82) is 0 Å². The van der Waals surface area contributed by atoms with Crippen molar-refractivity contribution in [2.75, 3.05) is 18.0 Å². The van der Waals surface area contributed by atoms with E-state index in [-0.39, 0.29) is 5.54 Å². The third kappa shape index (κ3) is 2.95. The maximum absolute atomic E-state index is 6.52. The van der Waals surface area contributed by atoms with E-state index in [1.54, 1.807) is 0 Å². The number of benzene rings is 1. The van der Waals surface area contributed by atoms with Gasteiger partial charge in [-0.05, 0) is 60.2 Å². The van der Waals surface area contributed by atoms with Crippen molar-refractivity contribution in [2.24, 2.45) is 5.92 Å². The Morgan fingerprint density at radius 3 is 2.67 bits per heavy atom.